The summed E-state index contributed by atoms with van der Waals surface area (Å²) in [5, 5.41) is 8.23. The van der Waals surface area contributed by atoms with Crippen LogP contribution in [0.3, 0.4) is 0 Å². The van der Waals surface area contributed by atoms with Gasteiger partial charge in [0.25, 0.3) is 0 Å². The second kappa shape index (κ2) is 11.6. The van der Waals surface area contributed by atoms with E-state index in [1.807, 2.05) is 0 Å². The fraction of sp³-hybridized carbons (Fsp3) is 0.684. The number of hydrogen-bond acceptors (Lipinski definition) is 5. The third-order valence-electron chi connectivity index (χ3n) is 5.03. The zero-order chi connectivity index (χ0) is 19.5. The fourth-order valence-electron chi connectivity index (χ4n) is 3.42. The Kier molecular flexibility index (Phi) is 9.13. The van der Waals surface area contributed by atoms with Crippen LogP contribution < -0.4 is 16.0 Å². The number of nitrogens with zero attached hydrogens (tertiary/aromatic N) is 1. The Morgan fingerprint density at radius 1 is 1.15 bits per heavy atom. The van der Waals surface area contributed by atoms with Gasteiger partial charge in [0, 0.05) is 25.7 Å². The molecule has 3 amide bonds. The summed E-state index contributed by atoms with van der Waals surface area (Å²) in [7, 11) is 0. The highest BCUT2D eigenvalue weighted by Gasteiger charge is 2.27. The molecule has 0 radical (unpaired) electrons. The van der Waals surface area contributed by atoms with Gasteiger partial charge >= 0.3 is 6.03 Å². The lowest BCUT2D eigenvalue weighted by Gasteiger charge is -2.38. The number of carbonyl (C=O) groups is 2. The van der Waals surface area contributed by atoms with Crippen LogP contribution in [0.25, 0.3) is 0 Å². The predicted octanol–water partition coefficient (Wildman–Crippen LogP) is 1.33. The van der Waals surface area contributed by atoms with E-state index in [2.05, 4.69) is 34.7 Å². The van der Waals surface area contributed by atoms with Crippen LogP contribution in [0.1, 0.15) is 32.4 Å². The molecule has 0 spiro atoms. The summed E-state index contributed by atoms with van der Waals surface area (Å²) in [6.07, 6.45) is 3.69. The molecule has 0 saturated carbocycles. The Bertz CT molecular complexity index is 554. The van der Waals surface area contributed by atoms with Gasteiger partial charge in [-0.3, -0.25) is 9.69 Å². The molecule has 1 aliphatic heterocycles. The minimum Gasteiger partial charge on any atom is -0.467 e. The molecule has 1 saturated heterocycles. The Morgan fingerprint density at radius 2 is 1.89 bits per heavy atom. The molecule has 152 valence electrons. The number of furan rings is 1. The fourth-order valence-corrected chi connectivity index (χ4v) is 3.42. The van der Waals surface area contributed by atoms with Crippen LogP contribution in [-0.2, 0) is 16.1 Å². The van der Waals surface area contributed by atoms with Crippen molar-refractivity contribution in [2.24, 2.45) is 5.92 Å². The van der Waals surface area contributed by atoms with Gasteiger partial charge in [0.05, 0.1) is 32.6 Å². The van der Waals surface area contributed by atoms with E-state index in [9.17, 15) is 9.59 Å². The minimum atomic E-state index is -0.327. The van der Waals surface area contributed by atoms with Gasteiger partial charge in [0.1, 0.15) is 5.76 Å². The Balaban J connectivity index is 1.72. The topological polar surface area (TPSA) is 95.8 Å². The Labute approximate surface area is 161 Å². The number of ether oxygens (including phenoxy) is 1. The van der Waals surface area contributed by atoms with Gasteiger partial charge in [0.2, 0.25) is 5.91 Å². The van der Waals surface area contributed by atoms with Crippen LogP contribution in [-0.4, -0.2) is 62.3 Å². The maximum atomic E-state index is 12.1. The highest BCUT2D eigenvalue weighted by molar-refractivity contribution is 5.83. The van der Waals surface area contributed by atoms with Crippen LogP contribution in [0.2, 0.25) is 0 Å². The normalized spacial score (nSPS) is 16.1. The molecule has 0 aliphatic carbocycles. The quantitative estimate of drug-likeness (QED) is 0.569. The van der Waals surface area contributed by atoms with Gasteiger partial charge in [-0.1, -0.05) is 26.7 Å². The first kappa shape index (κ1) is 21.2. The summed E-state index contributed by atoms with van der Waals surface area (Å²) in [4.78, 5) is 26.3. The minimum absolute atomic E-state index is 0.0697. The molecule has 1 aromatic heterocycles. The summed E-state index contributed by atoms with van der Waals surface area (Å²) in [5.41, 5.74) is 0. The molecule has 1 aliphatic rings. The number of urea groups is 1. The number of hydrogen-bond donors (Lipinski definition) is 3. The van der Waals surface area contributed by atoms with E-state index in [1.54, 1.807) is 18.4 Å². The summed E-state index contributed by atoms with van der Waals surface area (Å²) >= 11 is 0. The molecule has 2 heterocycles. The van der Waals surface area contributed by atoms with Crippen LogP contribution in [0.15, 0.2) is 22.8 Å². The van der Waals surface area contributed by atoms with Crippen molar-refractivity contribution < 1.29 is 18.7 Å². The van der Waals surface area contributed by atoms with Crippen LogP contribution in [0, 0.1) is 5.92 Å². The lowest BCUT2D eigenvalue weighted by Crippen LogP contribution is -2.53. The van der Waals surface area contributed by atoms with E-state index in [-0.39, 0.29) is 24.5 Å². The maximum Gasteiger partial charge on any atom is 0.315 e. The van der Waals surface area contributed by atoms with Crippen molar-refractivity contribution >= 4 is 11.9 Å². The van der Waals surface area contributed by atoms with Crippen LogP contribution in [0.4, 0.5) is 4.79 Å². The summed E-state index contributed by atoms with van der Waals surface area (Å²) in [5.74, 6) is 0.928. The van der Waals surface area contributed by atoms with Gasteiger partial charge in [-0.25, -0.2) is 4.79 Å². The Hall–Kier alpha value is -2.06. The first-order valence-corrected chi connectivity index (χ1v) is 9.76. The third kappa shape index (κ3) is 7.22. The van der Waals surface area contributed by atoms with Gasteiger partial charge in [-0.05, 0) is 18.1 Å². The molecule has 2 rings (SSSR count). The van der Waals surface area contributed by atoms with Crippen molar-refractivity contribution in [2.45, 2.75) is 39.3 Å². The van der Waals surface area contributed by atoms with Crippen molar-refractivity contribution in [2.75, 3.05) is 39.4 Å². The summed E-state index contributed by atoms with van der Waals surface area (Å²) < 4.78 is 10.6. The number of rotatable bonds is 10. The standard InChI is InChI=1S/C19H32N4O4/c1-3-15(4-2)17(23-7-10-26-11-8-23)13-21-19(25)22-14-18(24)20-12-16-6-5-9-27-16/h5-6,9,15,17H,3-4,7-8,10-14H2,1-2H3,(H,20,24)(H2,21,22,25). The first-order valence-electron chi connectivity index (χ1n) is 9.76. The van der Waals surface area contributed by atoms with Gasteiger partial charge in [0.15, 0.2) is 0 Å². The second-order valence-corrected chi connectivity index (χ2v) is 6.71. The predicted molar refractivity (Wildman–Crippen MR) is 102 cm³/mol. The zero-order valence-electron chi connectivity index (χ0n) is 16.3. The molecule has 0 bridgehead atoms. The highest BCUT2D eigenvalue weighted by Crippen LogP contribution is 2.19. The third-order valence-corrected chi connectivity index (χ3v) is 5.03. The second-order valence-electron chi connectivity index (χ2n) is 6.71. The van der Waals surface area contributed by atoms with E-state index < -0.39 is 0 Å². The van der Waals surface area contributed by atoms with Gasteiger partial charge < -0.3 is 25.1 Å². The van der Waals surface area contributed by atoms with Crippen molar-refractivity contribution in [3.63, 3.8) is 0 Å². The van der Waals surface area contributed by atoms with Gasteiger partial charge in [-0.2, -0.15) is 0 Å². The lowest BCUT2D eigenvalue weighted by atomic mass is 9.92. The molecule has 1 fully saturated rings. The number of morpholine rings is 1. The van der Waals surface area contributed by atoms with Crippen molar-refractivity contribution in [3.05, 3.63) is 24.2 Å². The van der Waals surface area contributed by atoms with E-state index in [4.69, 9.17) is 9.15 Å². The molecule has 1 aromatic rings. The van der Waals surface area contributed by atoms with Crippen molar-refractivity contribution in [3.8, 4) is 0 Å². The van der Waals surface area contributed by atoms with Crippen LogP contribution in [0.5, 0.6) is 0 Å². The van der Waals surface area contributed by atoms with E-state index >= 15 is 0 Å². The smallest absolute Gasteiger partial charge is 0.315 e. The molecule has 8 nitrogen and oxygen atoms in total. The number of amides is 3. The molecular formula is C19H32N4O4. The monoisotopic (exact) mass is 380 g/mol. The maximum absolute atomic E-state index is 12.1. The summed E-state index contributed by atoms with van der Waals surface area (Å²) in [6.45, 7) is 8.42. The first-order chi connectivity index (χ1) is 13.1. The molecule has 27 heavy (non-hydrogen) atoms. The SMILES string of the molecule is CCC(CC)C(CNC(=O)NCC(=O)NCc1ccco1)N1CCOCC1. The number of carbonyl (C=O) groups excluding carboxylic acids is 2. The molecular weight excluding hydrogens is 348 g/mol. The van der Waals surface area contributed by atoms with Crippen molar-refractivity contribution in [1.29, 1.82) is 0 Å². The molecule has 1 atom stereocenters. The molecule has 8 heteroatoms. The van der Waals surface area contributed by atoms with Crippen LogP contribution >= 0.6 is 0 Å². The lowest BCUT2D eigenvalue weighted by molar-refractivity contribution is -0.120. The van der Waals surface area contributed by atoms with Gasteiger partial charge in [-0.15, -0.1) is 0 Å². The zero-order valence-corrected chi connectivity index (χ0v) is 16.3. The van der Waals surface area contributed by atoms with E-state index in [0.29, 0.717) is 24.8 Å². The van der Waals surface area contributed by atoms with Crippen molar-refractivity contribution in [1.82, 2.24) is 20.9 Å². The Morgan fingerprint density at radius 3 is 2.52 bits per heavy atom. The number of nitrogens with one attached hydrogen (secondary N) is 3. The molecule has 0 aromatic carbocycles. The average Bonchev–Trinajstić information content (AvgIpc) is 3.22. The summed E-state index contributed by atoms with van der Waals surface area (Å²) in [6, 6.07) is 3.50. The molecule has 1 unspecified atom stereocenters. The van der Waals surface area contributed by atoms with E-state index in [0.717, 1.165) is 39.1 Å². The van der Waals surface area contributed by atoms with E-state index in [1.165, 1.54) is 0 Å². The molecule has 3 N–H and O–H groups in total. The largest absolute Gasteiger partial charge is 0.467 e. The highest BCUT2D eigenvalue weighted by atomic mass is 16.5. The average molecular weight is 380 g/mol.